The average Bonchev–Trinajstić information content (AvgIpc) is 2.88. The van der Waals surface area contributed by atoms with Gasteiger partial charge in [0.25, 0.3) is 0 Å². The van der Waals surface area contributed by atoms with E-state index in [-0.39, 0.29) is 18.1 Å². The van der Waals surface area contributed by atoms with E-state index < -0.39 is 11.9 Å². The number of carboxylic acid groups (broad SMARTS) is 1. The van der Waals surface area contributed by atoms with Gasteiger partial charge in [0.05, 0.1) is 24.6 Å². The van der Waals surface area contributed by atoms with Crippen LogP contribution in [0.15, 0.2) is 12.2 Å². The number of carbonyl (C=O) groups is 2. The van der Waals surface area contributed by atoms with Crippen LogP contribution in [0.1, 0.15) is 12.8 Å². The van der Waals surface area contributed by atoms with E-state index in [1.165, 1.54) is 0 Å². The molecular weight excluding hydrogens is 224 g/mol. The molecule has 0 spiro atoms. The SMILES string of the molecule is O=C(NC1C=CC(C(=O)O)C1)NC1CCOC1. The number of carbonyl (C=O) groups excluding carboxylic acids is 1. The first-order valence-corrected chi connectivity index (χ1v) is 5.71. The summed E-state index contributed by atoms with van der Waals surface area (Å²) in [6, 6.07) is -0.393. The van der Waals surface area contributed by atoms with Crippen LogP contribution in [-0.2, 0) is 9.53 Å². The van der Waals surface area contributed by atoms with Gasteiger partial charge >= 0.3 is 12.0 Å². The molecule has 1 fully saturated rings. The second-order valence-corrected chi connectivity index (χ2v) is 4.35. The summed E-state index contributed by atoms with van der Waals surface area (Å²) in [6.45, 7) is 1.22. The van der Waals surface area contributed by atoms with Crippen molar-refractivity contribution < 1.29 is 19.4 Å². The molecule has 0 bridgehead atoms. The molecule has 0 aromatic carbocycles. The quantitative estimate of drug-likeness (QED) is 0.611. The lowest BCUT2D eigenvalue weighted by molar-refractivity contribution is -0.140. The lowest BCUT2D eigenvalue weighted by atomic mass is 10.1. The summed E-state index contributed by atoms with van der Waals surface area (Å²) in [7, 11) is 0. The van der Waals surface area contributed by atoms with E-state index in [4.69, 9.17) is 9.84 Å². The second kappa shape index (κ2) is 5.18. The van der Waals surface area contributed by atoms with E-state index in [9.17, 15) is 9.59 Å². The number of nitrogens with one attached hydrogen (secondary N) is 2. The van der Waals surface area contributed by atoms with E-state index in [0.29, 0.717) is 19.6 Å². The third-order valence-corrected chi connectivity index (χ3v) is 2.98. The minimum Gasteiger partial charge on any atom is -0.481 e. The number of aliphatic carboxylic acids is 1. The van der Waals surface area contributed by atoms with Crippen LogP contribution in [0.25, 0.3) is 0 Å². The van der Waals surface area contributed by atoms with Gasteiger partial charge in [-0.05, 0) is 12.8 Å². The first-order valence-electron chi connectivity index (χ1n) is 5.71. The topological polar surface area (TPSA) is 87.7 Å². The van der Waals surface area contributed by atoms with Crippen molar-refractivity contribution in [3.63, 3.8) is 0 Å². The van der Waals surface area contributed by atoms with E-state index >= 15 is 0 Å². The van der Waals surface area contributed by atoms with Crippen molar-refractivity contribution in [1.82, 2.24) is 10.6 Å². The fraction of sp³-hybridized carbons (Fsp3) is 0.636. The first-order chi connectivity index (χ1) is 8.15. The highest BCUT2D eigenvalue weighted by atomic mass is 16.5. The van der Waals surface area contributed by atoms with Crippen LogP contribution < -0.4 is 10.6 Å². The first kappa shape index (κ1) is 11.9. The number of hydrogen-bond donors (Lipinski definition) is 3. The molecule has 3 unspecified atom stereocenters. The summed E-state index contributed by atoms with van der Waals surface area (Å²) < 4.78 is 5.14. The van der Waals surface area contributed by atoms with Crippen molar-refractivity contribution >= 4 is 12.0 Å². The van der Waals surface area contributed by atoms with Crippen LogP contribution in [0, 0.1) is 5.92 Å². The van der Waals surface area contributed by atoms with Gasteiger partial charge in [-0.25, -0.2) is 4.79 Å². The lowest BCUT2D eigenvalue weighted by Gasteiger charge is -2.15. The van der Waals surface area contributed by atoms with Crippen molar-refractivity contribution in [2.75, 3.05) is 13.2 Å². The van der Waals surface area contributed by atoms with E-state index in [1.54, 1.807) is 12.2 Å². The Balaban J connectivity index is 1.72. The Hall–Kier alpha value is -1.56. The van der Waals surface area contributed by atoms with Crippen molar-refractivity contribution in [3.05, 3.63) is 12.2 Å². The molecule has 3 N–H and O–H groups in total. The molecule has 0 radical (unpaired) electrons. The van der Waals surface area contributed by atoms with Crippen LogP contribution in [0.4, 0.5) is 4.79 Å². The number of ether oxygens (including phenoxy) is 1. The minimum atomic E-state index is -0.852. The van der Waals surface area contributed by atoms with E-state index in [2.05, 4.69) is 10.6 Å². The molecule has 1 aliphatic heterocycles. The fourth-order valence-corrected chi connectivity index (χ4v) is 2.03. The van der Waals surface area contributed by atoms with Crippen molar-refractivity contribution in [1.29, 1.82) is 0 Å². The maximum Gasteiger partial charge on any atom is 0.315 e. The van der Waals surface area contributed by atoms with Gasteiger partial charge in [-0.3, -0.25) is 4.79 Å². The maximum atomic E-state index is 11.6. The largest absolute Gasteiger partial charge is 0.481 e. The highest BCUT2D eigenvalue weighted by Crippen LogP contribution is 2.17. The zero-order valence-electron chi connectivity index (χ0n) is 9.39. The van der Waals surface area contributed by atoms with Gasteiger partial charge in [0.2, 0.25) is 0 Å². The van der Waals surface area contributed by atoms with Crippen LogP contribution in [0.3, 0.4) is 0 Å². The van der Waals surface area contributed by atoms with Crippen LogP contribution >= 0.6 is 0 Å². The van der Waals surface area contributed by atoms with Gasteiger partial charge in [-0.15, -0.1) is 0 Å². The molecule has 2 amide bonds. The third kappa shape index (κ3) is 3.20. The van der Waals surface area contributed by atoms with Gasteiger partial charge in [0.15, 0.2) is 0 Å². The fourth-order valence-electron chi connectivity index (χ4n) is 2.03. The molecule has 0 aromatic heterocycles. The van der Waals surface area contributed by atoms with Gasteiger partial charge in [-0.1, -0.05) is 12.2 Å². The van der Waals surface area contributed by atoms with E-state index in [0.717, 1.165) is 6.42 Å². The monoisotopic (exact) mass is 240 g/mol. The molecule has 1 aliphatic carbocycles. The highest BCUT2D eigenvalue weighted by Gasteiger charge is 2.26. The molecule has 0 saturated carbocycles. The smallest absolute Gasteiger partial charge is 0.315 e. The zero-order chi connectivity index (χ0) is 12.3. The van der Waals surface area contributed by atoms with Crippen LogP contribution in [0.5, 0.6) is 0 Å². The molecule has 94 valence electrons. The molecule has 6 heteroatoms. The summed E-state index contributed by atoms with van der Waals surface area (Å²) in [5.41, 5.74) is 0. The minimum absolute atomic E-state index is 0.0654. The molecule has 2 aliphatic rings. The number of rotatable bonds is 3. The Morgan fingerprint density at radius 1 is 1.29 bits per heavy atom. The third-order valence-electron chi connectivity index (χ3n) is 2.98. The van der Waals surface area contributed by atoms with Crippen molar-refractivity contribution in [2.45, 2.75) is 24.9 Å². The predicted molar refractivity (Wildman–Crippen MR) is 59.6 cm³/mol. The molecule has 1 saturated heterocycles. The molecule has 1 heterocycles. The highest BCUT2D eigenvalue weighted by molar-refractivity contribution is 5.76. The number of amides is 2. The van der Waals surface area contributed by atoms with E-state index in [1.807, 2.05) is 0 Å². The Bertz CT molecular complexity index is 336. The van der Waals surface area contributed by atoms with Crippen molar-refractivity contribution in [3.8, 4) is 0 Å². The Labute approximate surface area is 99.0 Å². The number of hydrogen-bond acceptors (Lipinski definition) is 3. The van der Waals surface area contributed by atoms with Gasteiger partial charge in [-0.2, -0.15) is 0 Å². The standard InChI is InChI=1S/C11H16N2O4/c14-10(15)7-1-2-8(5-7)12-11(16)13-9-3-4-17-6-9/h1-2,7-9H,3-6H2,(H,14,15)(H2,12,13,16). The molecule has 6 nitrogen and oxygen atoms in total. The van der Waals surface area contributed by atoms with Crippen molar-refractivity contribution in [2.24, 2.45) is 5.92 Å². The summed E-state index contributed by atoms with van der Waals surface area (Å²) >= 11 is 0. The number of carboxylic acids is 1. The Morgan fingerprint density at radius 3 is 2.71 bits per heavy atom. The summed E-state index contributed by atoms with van der Waals surface area (Å²) in [6.07, 6.45) is 4.59. The molecule has 0 aromatic rings. The molecule has 3 atom stereocenters. The normalized spacial score (nSPS) is 31.4. The summed E-state index contributed by atoms with van der Waals surface area (Å²) in [4.78, 5) is 22.3. The second-order valence-electron chi connectivity index (χ2n) is 4.35. The Morgan fingerprint density at radius 2 is 2.12 bits per heavy atom. The zero-order valence-corrected chi connectivity index (χ0v) is 9.39. The lowest BCUT2D eigenvalue weighted by Crippen LogP contribution is -2.45. The van der Waals surface area contributed by atoms with Gasteiger partial charge in [0, 0.05) is 6.61 Å². The van der Waals surface area contributed by atoms with Gasteiger partial charge < -0.3 is 20.5 Å². The summed E-state index contributed by atoms with van der Waals surface area (Å²) in [5.74, 6) is -1.34. The predicted octanol–water partition coefficient (Wildman–Crippen LogP) is 0.104. The maximum absolute atomic E-state index is 11.6. The summed E-state index contributed by atoms with van der Waals surface area (Å²) in [5, 5.41) is 14.3. The van der Waals surface area contributed by atoms with Crippen LogP contribution in [-0.4, -0.2) is 42.4 Å². The van der Waals surface area contributed by atoms with Crippen LogP contribution in [0.2, 0.25) is 0 Å². The Kier molecular flexibility index (Phi) is 3.63. The molecule has 17 heavy (non-hydrogen) atoms. The average molecular weight is 240 g/mol. The van der Waals surface area contributed by atoms with Gasteiger partial charge in [0.1, 0.15) is 0 Å². The molecule has 2 rings (SSSR count). The molecular formula is C11H16N2O4. The number of urea groups is 1.